The number of aliphatic carboxylic acids is 1. The SMILES string of the molecule is CC1(CC(=O)O)CCC(NC(=O)OC(C)(C)C)CC1. The summed E-state index contributed by atoms with van der Waals surface area (Å²) in [6.45, 7) is 7.50. The summed E-state index contributed by atoms with van der Waals surface area (Å²) in [5.74, 6) is -0.749. The van der Waals surface area contributed by atoms with E-state index in [4.69, 9.17) is 9.84 Å². The van der Waals surface area contributed by atoms with E-state index in [-0.39, 0.29) is 24.0 Å². The molecule has 1 amide bonds. The Morgan fingerprint density at radius 2 is 1.84 bits per heavy atom. The minimum Gasteiger partial charge on any atom is -0.481 e. The number of rotatable bonds is 3. The van der Waals surface area contributed by atoms with Gasteiger partial charge in [0.25, 0.3) is 0 Å². The molecule has 0 atom stereocenters. The highest BCUT2D eigenvalue weighted by Crippen LogP contribution is 2.38. The molecule has 5 nitrogen and oxygen atoms in total. The third-order valence-corrected chi connectivity index (χ3v) is 3.49. The largest absolute Gasteiger partial charge is 0.481 e. The van der Waals surface area contributed by atoms with Gasteiger partial charge in [-0.05, 0) is 51.9 Å². The standard InChI is InChI=1S/C14H25NO4/c1-13(2,3)19-12(18)15-10-5-7-14(4,8-6-10)9-11(16)17/h10H,5-9H2,1-4H3,(H,15,18)(H,16,17). The molecule has 0 spiro atoms. The number of carboxylic acid groups (broad SMARTS) is 1. The molecule has 1 fully saturated rings. The van der Waals surface area contributed by atoms with Gasteiger partial charge < -0.3 is 15.2 Å². The van der Waals surface area contributed by atoms with Gasteiger partial charge in [0.1, 0.15) is 5.60 Å². The summed E-state index contributed by atoms with van der Waals surface area (Å²) in [6.07, 6.45) is 3.07. The molecule has 1 aliphatic carbocycles. The van der Waals surface area contributed by atoms with Gasteiger partial charge in [-0.3, -0.25) is 4.79 Å². The number of hydrogen-bond acceptors (Lipinski definition) is 3. The number of amides is 1. The van der Waals surface area contributed by atoms with E-state index in [1.54, 1.807) is 0 Å². The van der Waals surface area contributed by atoms with Crippen LogP contribution in [0.3, 0.4) is 0 Å². The first-order valence-electron chi connectivity index (χ1n) is 6.81. The molecule has 0 unspecified atom stereocenters. The zero-order valence-corrected chi connectivity index (χ0v) is 12.3. The molecule has 0 aromatic carbocycles. The van der Waals surface area contributed by atoms with Crippen LogP contribution in [0.2, 0.25) is 0 Å². The van der Waals surface area contributed by atoms with Crippen LogP contribution >= 0.6 is 0 Å². The summed E-state index contributed by atoms with van der Waals surface area (Å²) in [6, 6.07) is 0.0942. The van der Waals surface area contributed by atoms with Crippen LogP contribution in [0.1, 0.15) is 59.8 Å². The van der Waals surface area contributed by atoms with Crippen molar-refractivity contribution in [2.45, 2.75) is 71.4 Å². The Morgan fingerprint density at radius 3 is 2.26 bits per heavy atom. The minimum absolute atomic E-state index is 0.0942. The van der Waals surface area contributed by atoms with Crippen LogP contribution in [0.15, 0.2) is 0 Å². The zero-order chi connectivity index (χ0) is 14.7. The van der Waals surface area contributed by atoms with Gasteiger partial charge in [0.05, 0.1) is 6.42 Å². The molecule has 0 aromatic heterocycles. The third kappa shape index (κ3) is 5.94. The Hall–Kier alpha value is -1.26. The normalized spacial score (nSPS) is 27.7. The fraction of sp³-hybridized carbons (Fsp3) is 0.857. The first-order valence-corrected chi connectivity index (χ1v) is 6.81. The highest BCUT2D eigenvalue weighted by molar-refractivity contribution is 5.68. The van der Waals surface area contributed by atoms with Gasteiger partial charge in [0.15, 0.2) is 0 Å². The minimum atomic E-state index is -0.749. The Labute approximate surface area is 114 Å². The average Bonchev–Trinajstić information content (AvgIpc) is 2.17. The fourth-order valence-corrected chi connectivity index (χ4v) is 2.48. The van der Waals surface area contributed by atoms with Crippen LogP contribution in [-0.4, -0.2) is 28.8 Å². The number of alkyl carbamates (subject to hydrolysis) is 1. The maximum atomic E-state index is 11.6. The molecule has 1 rings (SSSR count). The number of carbonyl (C=O) groups excluding carboxylic acids is 1. The predicted molar refractivity (Wildman–Crippen MR) is 72.0 cm³/mol. The van der Waals surface area contributed by atoms with Crippen molar-refractivity contribution in [2.24, 2.45) is 5.41 Å². The van der Waals surface area contributed by atoms with E-state index in [0.717, 1.165) is 25.7 Å². The molecule has 0 bridgehead atoms. The Kier molecular flexibility index (Phi) is 4.82. The maximum Gasteiger partial charge on any atom is 0.407 e. The fourth-order valence-electron chi connectivity index (χ4n) is 2.48. The number of carboxylic acids is 1. The quantitative estimate of drug-likeness (QED) is 0.827. The number of ether oxygens (including phenoxy) is 1. The number of nitrogens with one attached hydrogen (secondary N) is 1. The Morgan fingerprint density at radius 1 is 1.32 bits per heavy atom. The van der Waals surface area contributed by atoms with Crippen molar-refractivity contribution >= 4 is 12.1 Å². The summed E-state index contributed by atoms with van der Waals surface area (Å²) in [7, 11) is 0. The second-order valence-electron chi connectivity index (χ2n) is 6.80. The van der Waals surface area contributed by atoms with Gasteiger partial charge >= 0.3 is 12.1 Å². The maximum absolute atomic E-state index is 11.6. The number of carbonyl (C=O) groups is 2. The topological polar surface area (TPSA) is 75.6 Å². The monoisotopic (exact) mass is 271 g/mol. The number of hydrogen-bond donors (Lipinski definition) is 2. The van der Waals surface area contributed by atoms with Crippen molar-refractivity contribution < 1.29 is 19.4 Å². The summed E-state index contributed by atoms with van der Waals surface area (Å²) in [4.78, 5) is 22.4. The van der Waals surface area contributed by atoms with Crippen LogP contribution in [0.5, 0.6) is 0 Å². The molecule has 0 radical (unpaired) electrons. The zero-order valence-electron chi connectivity index (χ0n) is 12.3. The molecular formula is C14H25NO4. The summed E-state index contributed by atoms with van der Waals surface area (Å²) in [5, 5.41) is 11.7. The lowest BCUT2D eigenvalue weighted by Crippen LogP contribution is -2.42. The van der Waals surface area contributed by atoms with Crippen molar-refractivity contribution in [3.8, 4) is 0 Å². The Balaban J connectivity index is 2.38. The van der Waals surface area contributed by atoms with E-state index in [1.165, 1.54) is 0 Å². The predicted octanol–water partition coefficient (Wildman–Crippen LogP) is 2.93. The van der Waals surface area contributed by atoms with E-state index >= 15 is 0 Å². The molecule has 19 heavy (non-hydrogen) atoms. The smallest absolute Gasteiger partial charge is 0.407 e. The molecule has 1 aliphatic rings. The summed E-state index contributed by atoms with van der Waals surface area (Å²) < 4.78 is 5.21. The second-order valence-corrected chi connectivity index (χ2v) is 6.80. The second kappa shape index (κ2) is 5.80. The van der Waals surface area contributed by atoms with Crippen molar-refractivity contribution in [2.75, 3.05) is 0 Å². The molecule has 2 N–H and O–H groups in total. The van der Waals surface area contributed by atoms with Crippen molar-refractivity contribution in [3.63, 3.8) is 0 Å². The molecular weight excluding hydrogens is 246 g/mol. The molecule has 0 heterocycles. The Bertz CT molecular complexity index is 338. The molecule has 0 aromatic rings. The lowest BCUT2D eigenvalue weighted by atomic mass is 9.72. The van der Waals surface area contributed by atoms with Gasteiger partial charge in [0, 0.05) is 6.04 Å². The van der Waals surface area contributed by atoms with Gasteiger partial charge in [0.2, 0.25) is 0 Å². The third-order valence-electron chi connectivity index (χ3n) is 3.49. The molecule has 0 aliphatic heterocycles. The first kappa shape index (κ1) is 15.8. The first-order chi connectivity index (χ1) is 8.60. The van der Waals surface area contributed by atoms with Crippen LogP contribution in [0.4, 0.5) is 4.79 Å². The van der Waals surface area contributed by atoms with E-state index < -0.39 is 11.6 Å². The van der Waals surface area contributed by atoms with Gasteiger partial charge in [-0.25, -0.2) is 4.79 Å². The van der Waals surface area contributed by atoms with E-state index in [9.17, 15) is 9.59 Å². The van der Waals surface area contributed by atoms with Crippen molar-refractivity contribution in [1.29, 1.82) is 0 Å². The van der Waals surface area contributed by atoms with Gasteiger partial charge in [-0.2, -0.15) is 0 Å². The summed E-state index contributed by atoms with van der Waals surface area (Å²) in [5.41, 5.74) is -0.630. The lowest BCUT2D eigenvalue weighted by Gasteiger charge is -2.36. The molecule has 5 heteroatoms. The van der Waals surface area contributed by atoms with Gasteiger partial charge in [-0.15, -0.1) is 0 Å². The van der Waals surface area contributed by atoms with Crippen molar-refractivity contribution in [3.05, 3.63) is 0 Å². The van der Waals surface area contributed by atoms with Crippen LogP contribution in [0.25, 0.3) is 0 Å². The molecule has 0 saturated heterocycles. The van der Waals surface area contributed by atoms with Crippen LogP contribution < -0.4 is 5.32 Å². The van der Waals surface area contributed by atoms with Gasteiger partial charge in [-0.1, -0.05) is 6.92 Å². The van der Waals surface area contributed by atoms with E-state index in [0.29, 0.717) is 0 Å². The molecule has 110 valence electrons. The average molecular weight is 271 g/mol. The van der Waals surface area contributed by atoms with Crippen LogP contribution in [-0.2, 0) is 9.53 Å². The van der Waals surface area contributed by atoms with Crippen LogP contribution in [0, 0.1) is 5.41 Å². The highest BCUT2D eigenvalue weighted by Gasteiger charge is 2.34. The lowest BCUT2D eigenvalue weighted by molar-refractivity contribution is -0.140. The summed E-state index contributed by atoms with van der Waals surface area (Å²) >= 11 is 0. The molecule has 1 saturated carbocycles. The van der Waals surface area contributed by atoms with Crippen molar-refractivity contribution in [1.82, 2.24) is 5.32 Å². The highest BCUT2D eigenvalue weighted by atomic mass is 16.6. The van der Waals surface area contributed by atoms with E-state index in [2.05, 4.69) is 5.32 Å². The van der Waals surface area contributed by atoms with E-state index in [1.807, 2.05) is 27.7 Å².